The zero-order valence-corrected chi connectivity index (χ0v) is 10.5. The van der Waals surface area contributed by atoms with Crippen LogP contribution in [0, 0.1) is 5.92 Å². The third-order valence-corrected chi connectivity index (χ3v) is 3.56. The summed E-state index contributed by atoms with van der Waals surface area (Å²) in [4.78, 5) is 29.3. The number of nitrogens with one attached hydrogen (secondary N) is 1. The van der Waals surface area contributed by atoms with Crippen LogP contribution in [0.2, 0.25) is 0 Å². The molecule has 1 atom stereocenters. The van der Waals surface area contributed by atoms with Crippen molar-refractivity contribution in [1.29, 1.82) is 0 Å². The highest BCUT2D eigenvalue weighted by molar-refractivity contribution is 7.07. The monoisotopic (exact) mass is 253 g/mol. The summed E-state index contributed by atoms with van der Waals surface area (Å²) in [5.41, 5.74) is 2.13. The van der Waals surface area contributed by atoms with Crippen molar-refractivity contribution in [3.05, 3.63) is 16.6 Å². The molecule has 1 N–H and O–H groups in total. The predicted octanol–water partition coefficient (Wildman–Crippen LogP) is 0.741. The largest absolute Gasteiger partial charge is 0.359 e. The molecule has 1 aromatic rings. The van der Waals surface area contributed by atoms with E-state index in [1.54, 1.807) is 22.8 Å². The fourth-order valence-electron chi connectivity index (χ4n) is 2.06. The molecule has 1 saturated heterocycles. The Labute approximate surface area is 104 Å². The van der Waals surface area contributed by atoms with Crippen LogP contribution in [0.1, 0.15) is 23.3 Å². The lowest BCUT2D eigenvalue weighted by Gasteiger charge is -2.31. The van der Waals surface area contributed by atoms with Gasteiger partial charge in [-0.15, -0.1) is 11.3 Å². The summed E-state index contributed by atoms with van der Waals surface area (Å²) >= 11 is 1.41. The highest BCUT2D eigenvalue weighted by Gasteiger charge is 2.28. The second-order valence-electron chi connectivity index (χ2n) is 4.08. The average molecular weight is 253 g/mol. The van der Waals surface area contributed by atoms with Crippen molar-refractivity contribution in [2.75, 3.05) is 20.1 Å². The standard InChI is InChI=1S/C11H15N3O2S/c1-12-10(15)8-3-2-4-14(5-8)11(16)9-6-17-7-13-9/h6-8H,2-5H2,1H3,(H,12,15)/t8-/m0/s1. The summed E-state index contributed by atoms with van der Waals surface area (Å²) in [5, 5.41) is 4.38. The van der Waals surface area contributed by atoms with Gasteiger partial charge in [0.1, 0.15) is 5.69 Å². The van der Waals surface area contributed by atoms with Crippen molar-refractivity contribution in [3.63, 3.8) is 0 Å². The minimum Gasteiger partial charge on any atom is -0.359 e. The molecule has 92 valence electrons. The van der Waals surface area contributed by atoms with E-state index in [1.807, 2.05) is 0 Å². The van der Waals surface area contributed by atoms with Crippen LogP contribution in [-0.4, -0.2) is 41.8 Å². The maximum Gasteiger partial charge on any atom is 0.273 e. The van der Waals surface area contributed by atoms with Gasteiger partial charge in [0.2, 0.25) is 5.91 Å². The number of rotatable bonds is 2. The van der Waals surface area contributed by atoms with Gasteiger partial charge in [-0.1, -0.05) is 0 Å². The van der Waals surface area contributed by atoms with E-state index >= 15 is 0 Å². The van der Waals surface area contributed by atoms with Crippen LogP contribution in [-0.2, 0) is 4.79 Å². The Morgan fingerprint density at radius 3 is 3.06 bits per heavy atom. The molecule has 1 fully saturated rings. The fourth-order valence-corrected chi connectivity index (χ4v) is 2.59. The number of aromatic nitrogens is 1. The maximum atomic E-state index is 12.1. The van der Waals surface area contributed by atoms with Gasteiger partial charge in [-0.2, -0.15) is 0 Å². The summed E-state index contributed by atoms with van der Waals surface area (Å²) in [6.45, 7) is 1.21. The van der Waals surface area contributed by atoms with E-state index in [2.05, 4.69) is 10.3 Å². The molecule has 0 unspecified atom stereocenters. The molecule has 2 amide bonds. The van der Waals surface area contributed by atoms with Gasteiger partial charge in [-0.3, -0.25) is 9.59 Å². The zero-order valence-electron chi connectivity index (χ0n) is 9.68. The number of hydrogen-bond acceptors (Lipinski definition) is 4. The van der Waals surface area contributed by atoms with E-state index in [4.69, 9.17) is 0 Å². The summed E-state index contributed by atoms with van der Waals surface area (Å²) in [7, 11) is 1.63. The Hall–Kier alpha value is -1.43. The third kappa shape index (κ3) is 2.63. The Morgan fingerprint density at radius 1 is 1.59 bits per heavy atom. The Kier molecular flexibility index (Phi) is 3.73. The first-order chi connectivity index (χ1) is 8.22. The smallest absolute Gasteiger partial charge is 0.273 e. The van der Waals surface area contributed by atoms with Crippen molar-refractivity contribution >= 4 is 23.2 Å². The van der Waals surface area contributed by atoms with Crippen LogP contribution >= 0.6 is 11.3 Å². The van der Waals surface area contributed by atoms with Gasteiger partial charge < -0.3 is 10.2 Å². The van der Waals surface area contributed by atoms with Crippen LogP contribution in [0.15, 0.2) is 10.9 Å². The first-order valence-electron chi connectivity index (χ1n) is 5.61. The van der Waals surface area contributed by atoms with E-state index in [0.717, 1.165) is 12.8 Å². The molecule has 1 aromatic heterocycles. The van der Waals surface area contributed by atoms with Gasteiger partial charge in [0.15, 0.2) is 0 Å². The van der Waals surface area contributed by atoms with Gasteiger partial charge in [0, 0.05) is 25.5 Å². The molecule has 5 nitrogen and oxygen atoms in total. The van der Waals surface area contributed by atoms with E-state index in [-0.39, 0.29) is 17.7 Å². The quantitative estimate of drug-likeness (QED) is 0.845. The topological polar surface area (TPSA) is 62.3 Å². The molecule has 2 rings (SSSR count). The number of hydrogen-bond donors (Lipinski definition) is 1. The lowest BCUT2D eigenvalue weighted by molar-refractivity contribution is -0.125. The summed E-state index contributed by atoms with van der Waals surface area (Å²) in [5.74, 6) is -0.142. The van der Waals surface area contributed by atoms with Crippen LogP contribution in [0.3, 0.4) is 0 Å². The predicted molar refractivity (Wildman–Crippen MR) is 64.8 cm³/mol. The van der Waals surface area contributed by atoms with Gasteiger partial charge in [0.05, 0.1) is 11.4 Å². The molecule has 0 saturated carbocycles. The second-order valence-corrected chi connectivity index (χ2v) is 4.80. The molecule has 17 heavy (non-hydrogen) atoms. The molecule has 0 aliphatic carbocycles. The number of piperidine rings is 1. The van der Waals surface area contributed by atoms with Crippen molar-refractivity contribution < 1.29 is 9.59 Å². The van der Waals surface area contributed by atoms with E-state index < -0.39 is 0 Å². The average Bonchev–Trinajstić information content (AvgIpc) is 2.91. The normalized spacial score (nSPS) is 20.1. The molecule has 0 bridgehead atoms. The number of nitrogens with zero attached hydrogens (tertiary/aromatic N) is 2. The Balaban J connectivity index is 2.02. The highest BCUT2D eigenvalue weighted by atomic mass is 32.1. The fraction of sp³-hybridized carbons (Fsp3) is 0.545. The molecular weight excluding hydrogens is 238 g/mol. The van der Waals surface area contributed by atoms with Crippen molar-refractivity contribution in [1.82, 2.24) is 15.2 Å². The van der Waals surface area contributed by atoms with Crippen molar-refractivity contribution in [2.24, 2.45) is 5.92 Å². The number of carbonyl (C=O) groups is 2. The Bertz CT molecular complexity index is 405. The molecule has 6 heteroatoms. The third-order valence-electron chi connectivity index (χ3n) is 2.98. The van der Waals surface area contributed by atoms with Crippen LogP contribution in [0.5, 0.6) is 0 Å². The highest BCUT2D eigenvalue weighted by Crippen LogP contribution is 2.18. The molecule has 1 aliphatic rings. The number of likely N-dealkylation sites (tertiary alicyclic amines) is 1. The lowest BCUT2D eigenvalue weighted by Crippen LogP contribution is -2.44. The number of thiazole rings is 1. The molecule has 2 heterocycles. The van der Waals surface area contributed by atoms with Crippen LogP contribution in [0.25, 0.3) is 0 Å². The van der Waals surface area contributed by atoms with Gasteiger partial charge >= 0.3 is 0 Å². The minimum absolute atomic E-state index is 0.0146. The molecule has 0 radical (unpaired) electrons. The molecule has 0 aromatic carbocycles. The van der Waals surface area contributed by atoms with E-state index in [0.29, 0.717) is 18.8 Å². The first-order valence-corrected chi connectivity index (χ1v) is 6.55. The summed E-state index contributed by atoms with van der Waals surface area (Å²) in [6, 6.07) is 0. The number of amides is 2. The Morgan fingerprint density at radius 2 is 2.41 bits per heavy atom. The molecule has 1 aliphatic heterocycles. The zero-order chi connectivity index (χ0) is 12.3. The minimum atomic E-state index is -0.0867. The van der Waals surface area contributed by atoms with E-state index in [9.17, 15) is 9.59 Å². The first kappa shape index (κ1) is 12.0. The van der Waals surface area contributed by atoms with Gasteiger partial charge in [-0.05, 0) is 12.8 Å². The van der Waals surface area contributed by atoms with Gasteiger partial charge in [0.25, 0.3) is 5.91 Å². The molecular formula is C11H15N3O2S. The van der Waals surface area contributed by atoms with Crippen LogP contribution in [0.4, 0.5) is 0 Å². The van der Waals surface area contributed by atoms with Crippen molar-refractivity contribution in [2.45, 2.75) is 12.8 Å². The van der Waals surface area contributed by atoms with Crippen LogP contribution < -0.4 is 5.32 Å². The summed E-state index contributed by atoms with van der Waals surface area (Å²) < 4.78 is 0. The number of carbonyl (C=O) groups excluding carboxylic acids is 2. The second kappa shape index (κ2) is 5.27. The van der Waals surface area contributed by atoms with Gasteiger partial charge in [-0.25, -0.2) is 4.98 Å². The molecule has 0 spiro atoms. The SMILES string of the molecule is CNC(=O)[C@H]1CCCN(C(=O)c2cscn2)C1. The summed E-state index contributed by atoms with van der Waals surface area (Å²) in [6.07, 6.45) is 1.72. The maximum absolute atomic E-state index is 12.1. The lowest BCUT2D eigenvalue weighted by atomic mass is 9.97. The van der Waals surface area contributed by atoms with E-state index in [1.165, 1.54) is 11.3 Å². The van der Waals surface area contributed by atoms with Crippen molar-refractivity contribution in [3.8, 4) is 0 Å².